The fraction of sp³-hybridized carbons (Fsp3) is 0.462. The Morgan fingerprint density at radius 3 is 2.45 bits per heavy atom. The van der Waals surface area contributed by atoms with Crippen molar-refractivity contribution in [2.24, 2.45) is 0 Å². The van der Waals surface area contributed by atoms with E-state index in [1.54, 1.807) is 24.3 Å². The Balaban J connectivity index is 2.30. The Bertz CT molecular complexity index is 529. The molecule has 0 spiro atoms. The molecule has 0 unspecified atom stereocenters. The molecule has 0 saturated heterocycles. The van der Waals surface area contributed by atoms with E-state index in [4.69, 9.17) is 11.6 Å². The molecule has 7 heteroatoms. The number of benzene rings is 1. The Hall–Kier alpha value is -1.11. The standard InChI is InChI=1S/C13H19ClN2O3S/c1-2-3-10-20(18,19)16-9-8-15-13(17)11-4-6-12(14)7-5-11/h4-7,16H,2-3,8-10H2,1H3,(H,15,17). The lowest BCUT2D eigenvalue weighted by Gasteiger charge is -2.07. The predicted octanol–water partition coefficient (Wildman–Crippen LogP) is 1.79. The van der Waals surface area contributed by atoms with Crippen LogP contribution in [-0.4, -0.2) is 33.2 Å². The van der Waals surface area contributed by atoms with E-state index in [0.29, 0.717) is 17.0 Å². The molecule has 0 atom stereocenters. The minimum Gasteiger partial charge on any atom is -0.351 e. The summed E-state index contributed by atoms with van der Waals surface area (Å²) in [5, 5.41) is 3.20. The zero-order chi connectivity index (χ0) is 15.0. The van der Waals surface area contributed by atoms with Crippen LogP contribution in [0.2, 0.25) is 5.02 Å². The monoisotopic (exact) mass is 318 g/mol. The Morgan fingerprint density at radius 1 is 1.20 bits per heavy atom. The lowest BCUT2D eigenvalue weighted by molar-refractivity contribution is 0.0954. The number of sulfonamides is 1. The molecule has 0 saturated carbocycles. The van der Waals surface area contributed by atoms with Gasteiger partial charge < -0.3 is 5.32 Å². The van der Waals surface area contributed by atoms with E-state index in [-0.39, 0.29) is 24.7 Å². The van der Waals surface area contributed by atoms with Crippen molar-refractivity contribution in [3.8, 4) is 0 Å². The number of hydrogen-bond acceptors (Lipinski definition) is 3. The van der Waals surface area contributed by atoms with Crippen LogP contribution in [0.4, 0.5) is 0 Å². The highest BCUT2D eigenvalue weighted by atomic mass is 35.5. The van der Waals surface area contributed by atoms with Crippen molar-refractivity contribution in [1.29, 1.82) is 0 Å². The van der Waals surface area contributed by atoms with Crippen LogP contribution in [-0.2, 0) is 10.0 Å². The largest absolute Gasteiger partial charge is 0.351 e. The molecule has 0 bridgehead atoms. The maximum Gasteiger partial charge on any atom is 0.251 e. The Labute approximate surface area is 124 Å². The maximum absolute atomic E-state index is 11.7. The molecule has 1 aromatic carbocycles. The first kappa shape index (κ1) is 16.9. The van der Waals surface area contributed by atoms with E-state index in [2.05, 4.69) is 10.0 Å². The van der Waals surface area contributed by atoms with Crippen LogP contribution < -0.4 is 10.0 Å². The number of halogens is 1. The number of amides is 1. The van der Waals surface area contributed by atoms with Crippen molar-refractivity contribution < 1.29 is 13.2 Å². The normalized spacial score (nSPS) is 11.3. The van der Waals surface area contributed by atoms with Gasteiger partial charge in [-0.15, -0.1) is 0 Å². The van der Waals surface area contributed by atoms with Gasteiger partial charge in [0, 0.05) is 23.7 Å². The first-order valence-electron chi connectivity index (χ1n) is 6.45. The molecule has 20 heavy (non-hydrogen) atoms. The summed E-state index contributed by atoms with van der Waals surface area (Å²) >= 11 is 5.73. The molecule has 0 aliphatic carbocycles. The van der Waals surface area contributed by atoms with E-state index in [1.165, 1.54) is 0 Å². The lowest BCUT2D eigenvalue weighted by atomic mass is 10.2. The van der Waals surface area contributed by atoms with Gasteiger partial charge in [0.05, 0.1) is 5.75 Å². The third kappa shape index (κ3) is 6.36. The van der Waals surface area contributed by atoms with Gasteiger partial charge in [-0.2, -0.15) is 0 Å². The summed E-state index contributed by atoms with van der Waals surface area (Å²) in [4.78, 5) is 11.7. The summed E-state index contributed by atoms with van der Waals surface area (Å²) in [6.45, 7) is 2.36. The molecular weight excluding hydrogens is 300 g/mol. The van der Waals surface area contributed by atoms with E-state index in [1.807, 2.05) is 6.92 Å². The summed E-state index contributed by atoms with van der Waals surface area (Å²) in [7, 11) is -3.23. The Kier molecular flexibility index (Phi) is 6.98. The molecule has 0 radical (unpaired) electrons. The molecule has 0 aliphatic heterocycles. The highest BCUT2D eigenvalue weighted by Crippen LogP contribution is 2.09. The van der Waals surface area contributed by atoms with Gasteiger partial charge in [0.1, 0.15) is 0 Å². The first-order valence-corrected chi connectivity index (χ1v) is 8.49. The molecule has 0 aromatic heterocycles. The predicted molar refractivity (Wildman–Crippen MR) is 80.5 cm³/mol. The molecule has 0 aliphatic rings. The molecule has 0 fully saturated rings. The average molecular weight is 319 g/mol. The van der Waals surface area contributed by atoms with Crippen LogP contribution in [0.3, 0.4) is 0 Å². The van der Waals surface area contributed by atoms with Crippen molar-refractivity contribution in [2.45, 2.75) is 19.8 Å². The summed E-state index contributed by atoms with van der Waals surface area (Å²) in [6.07, 6.45) is 1.46. The molecular formula is C13H19ClN2O3S. The number of carbonyl (C=O) groups excluding carboxylic acids is 1. The van der Waals surface area contributed by atoms with Gasteiger partial charge in [0.2, 0.25) is 10.0 Å². The molecule has 112 valence electrons. The van der Waals surface area contributed by atoms with Gasteiger partial charge in [-0.1, -0.05) is 24.9 Å². The summed E-state index contributed by atoms with van der Waals surface area (Å²) < 4.78 is 25.5. The van der Waals surface area contributed by atoms with E-state index >= 15 is 0 Å². The lowest BCUT2D eigenvalue weighted by Crippen LogP contribution is -2.35. The number of nitrogens with one attached hydrogen (secondary N) is 2. The van der Waals surface area contributed by atoms with E-state index in [0.717, 1.165) is 6.42 Å². The van der Waals surface area contributed by atoms with Crippen LogP contribution in [0.1, 0.15) is 30.1 Å². The first-order chi connectivity index (χ1) is 9.44. The number of unbranched alkanes of at least 4 members (excludes halogenated alkanes) is 1. The fourth-order valence-corrected chi connectivity index (χ4v) is 2.84. The van der Waals surface area contributed by atoms with Crippen LogP contribution in [0.25, 0.3) is 0 Å². The SMILES string of the molecule is CCCCS(=O)(=O)NCCNC(=O)c1ccc(Cl)cc1. The third-order valence-electron chi connectivity index (χ3n) is 2.61. The van der Waals surface area contributed by atoms with Crippen LogP contribution in [0, 0.1) is 0 Å². The molecule has 2 N–H and O–H groups in total. The second-order valence-electron chi connectivity index (χ2n) is 4.33. The van der Waals surface area contributed by atoms with Crippen molar-refractivity contribution in [3.63, 3.8) is 0 Å². The van der Waals surface area contributed by atoms with Gasteiger partial charge >= 0.3 is 0 Å². The molecule has 1 aromatic rings. The number of hydrogen-bond donors (Lipinski definition) is 2. The zero-order valence-corrected chi connectivity index (χ0v) is 12.9. The number of rotatable bonds is 8. The summed E-state index contributed by atoms with van der Waals surface area (Å²) in [5.41, 5.74) is 0.489. The van der Waals surface area contributed by atoms with Crippen LogP contribution in [0.5, 0.6) is 0 Å². The van der Waals surface area contributed by atoms with Crippen molar-refractivity contribution in [1.82, 2.24) is 10.0 Å². The molecule has 1 amide bonds. The second-order valence-corrected chi connectivity index (χ2v) is 6.69. The summed E-state index contributed by atoms with van der Waals surface area (Å²) in [5.74, 6) is -0.135. The highest BCUT2D eigenvalue weighted by Gasteiger charge is 2.09. The molecule has 0 heterocycles. The van der Waals surface area contributed by atoms with Crippen molar-refractivity contribution in [3.05, 3.63) is 34.9 Å². The maximum atomic E-state index is 11.7. The van der Waals surface area contributed by atoms with Crippen LogP contribution >= 0.6 is 11.6 Å². The quantitative estimate of drug-likeness (QED) is 0.718. The van der Waals surface area contributed by atoms with Crippen LogP contribution in [0.15, 0.2) is 24.3 Å². The van der Waals surface area contributed by atoms with Crippen molar-refractivity contribution in [2.75, 3.05) is 18.8 Å². The molecule has 1 rings (SSSR count). The topological polar surface area (TPSA) is 75.3 Å². The van der Waals surface area contributed by atoms with Gasteiger partial charge in [-0.25, -0.2) is 13.1 Å². The Morgan fingerprint density at radius 2 is 1.85 bits per heavy atom. The third-order valence-corrected chi connectivity index (χ3v) is 4.33. The molecule has 5 nitrogen and oxygen atoms in total. The smallest absolute Gasteiger partial charge is 0.251 e. The van der Waals surface area contributed by atoms with Gasteiger partial charge in [0.25, 0.3) is 5.91 Å². The fourth-order valence-electron chi connectivity index (χ4n) is 1.49. The average Bonchev–Trinajstić information content (AvgIpc) is 2.42. The van der Waals surface area contributed by atoms with E-state index < -0.39 is 10.0 Å². The van der Waals surface area contributed by atoms with Crippen molar-refractivity contribution >= 4 is 27.5 Å². The van der Waals surface area contributed by atoms with E-state index in [9.17, 15) is 13.2 Å². The van der Waals surface area contributed by atoms with Gasteiger partial charge in [-0.05, 0) is 30.7 Å². The minimum absolute atomic E-state index is 0.120. The minimum atomic E-state index is -3.23. The van der Waals surface area contributed by atoms with Gasteiger partial charge in [-0.3, -0.25) is 4.79 Å². The van der Waals surface area contributed by atoms with Gasteiger partial charge in [0.15, 0.2) is 0 Å². The highest BCUT2D eigenvalue weighted by molar-refractivity contribution is 7.89. The summed E-state index contributed by atoms with van der Waals surface area (Å²) in [6, 6.07) is 6.49. The zero-order valence-electron chi connectivity index (χ0n) is 11.4. The number of carbonyl (C=O) groups is 1. The second kappa shape index (κ2) is 8.24.